The molecule has 1 saturated heterocycles. The summed E-state index contributed by atoms with van der Waals surface area (Å²) in [6, 6.07) is 21.8. The molecule has 1 aliphatic carbocycles. The van der Waals surface area contributed by atoms with Gasteiger partial charge in [0.05, 0.1) is 30.6 Å². The zero-order valence-electron chi connectivity index (χ0n) is 31.2. The maximum Gasteiger partial charge on any atom is 0.266 e. The van der Waals surface area contributed by atoms with E-state index in [-0.39, 0.29) is 54.6 Å². The molecule has 13 nitrogen and oxygen atoms in total. The molecular weight excluding hydrogens is 735 g/mol. The minimum atomic E-state index is -4.50. The second-order valence-electron chi connectivity index (χ2n) is 14.5. The Morgan fingerprint density at radius 3 is 2.39 bits per heavy atom. The van der Waals surface area contributed by atoms with E-state index in [4.69, 9.17) is 14.5 Å². The highest BCUT2D eigenvalue weighted by Crippen LogP contribution is 2.45. The fraction of sp³-hybridized carbons (Fsp3) is 0.357. The van der Waals surface area contributed by atoms with Crippen molar-refractivity contribution in [2.24, 2.45) is 5.92 Å². The number of carbonyl (C=O) groups excluding carboxylic acids is 4. The summed E-state index contributed by atoms with van der Waals surface area (Å²) in [6.45, 7) is 3.92. The van der Waals surface area contributed by atoms with Crippen LogP contribution in [0.1, 0.15) is 57.8 Å². The van der Waals surface area contributed by atoms with Crippen LogP contribution in [0.3, 0.4) is 0 Å². The summed E-state index contributed by atoms with van der Waals surface area (Å²) in [5.41, 5.74) is 0.619. The number of nitrogens with one attached hydrogen (secondary N) is 3. The van der Waals surface area contributed by atoms with E-state index in [9.17, 15) is 27.6 Å². The molecule has 14 heteroatoms. The Morgan fingerprint density at radius 2 is 1.64 bits per heavy atom. The predicted octanol–water partition coefficient (Wildman–Crippen LogP) is 5.51. The molecule has 292 valence electrons. The van der Waals surface area contributed by atoms with E-state index in [0.717, 1.165) is 30.2 Å². The van der Waals surface area contributed by atoms with Crippen LogP contribution in [0.25, 0.3) is 22.2 Å². The van der Waals surface area contributed by atoms with Gasteiger partial charge >= 0.3 is 0 Å². The Hall–Kier alpha value is -5.76. The molecule has 0 radical (unpaired) electrons. The molecule has 0 unspecified atom stereocenters. The van der Waals surface area contributed by atoms with Crippen molar-refractivity contribution in [2.75, 3.05) is 19.0 Å². The third kappa shape index (κ3) is 8.11. The third-order valence-corrected chi connectivity index (χ3v) is 12.1. The van der Waals surface area contributed by atoms with Crippen LogP contribution in [0.15, 0.2) is 96.4 Å². The third-order valence-electron chi connectivity index (χ3n) is 10.8. The Morgan fingerprint density at radius 1 is 0.911 bits per heavy atom. The molecule has 2 aliphatic heterocycles. The summed E-state index contributed by atoms with van der Waals surface area (Å²) >= 11 is 0. The highest BCUT2D eigenvalue weighted by atomic mass is 32.2. The molecule has 4 atom stereocenters. The second-order valence-corrected chi connectivity index (χ2v) is 16.2. The first-order valence-electron chi connectivity index (χ1n) is 18.9. The summed E-state index contributed by atoms with van der Waals surface area (Å²) in [6.07, 6.45) is 4.96. The molecule has 3 N–H and O–H groups in total. The number of hydrogen-bond donors (Lipinski definition) is 3. The molecule has 1 spiro atoms. The number of benzene rings is 3. The lowest BCUT2D eigenvalue weighted by molar-refractivity contribution is -0.139. The zero-order valence-corrected chi connectivity index (χ0v) is 32.0. The molecule has 1 saturated carbocycles. The molecular formula is C42H45N5O8S. The van der Waals surface area contributed by atoms with Gasteiger partial charge in [-0.1, -0.05) is 67.8 Å². The van der Waals surface area contributed by atoms with Crippen molar-refractivity contribution in [3.63, 3.8) is 0 Å². The van der Waals surface area contributed by atoms with Crippen LogP contribution in [0, 0.1) is 5.92 Å². The fourth-order valence-electron chi connectivity index (χ4n) is 7.60. The number of nitrogens with zero attached hydrogens (tertiary/aromatic N) is 2. The van der Waals surface area contributed by atoms with Gasteiger partial charge in [-0.15, -0.1) is 6.58 Å². The van der Waals surface area contributed by atoms with Gasteiger partial charge in [-0.05, 0) is 43.5 Å². The standard InChI is InChI=1S/C42H45N5O8S/c1-3-28-25-42(28)41(51)46-56(52,53)37-17-13-12-16-32(37)44-38(48)18-10-5-4-6-11-19-39(49)47-26-30(23-35(47)40(50)45-42)55-36-24-33(27-14-8-7-9-15-27)43-34-22-29(54-2)20-21-31(34)36/h3,7-9,12-17,20-22,24,28,30,35H,1,4-6,10-11,18-19,23,25-26H2,2H3,(H,44,48)(H,45,50)(H,46,51)/t28-,30+,35-,42-/m0/s1. The molecule has 3 aliphatic rings. The van der Waals surface area contributed by atoms with Crippen molar-refractivity contribution in [2.45, 2.75) is 80.4 Å². The Labute approximate surface area is 325 Å². The van der Waals surface area contributed by atoms with E-state index in [1.54, 1.807) is 13.2 Å². The van der Waals surface area contributed by atoms with Crippen LogP contribution in [0.4, 0.5) is 5.69 Å². The molecule has 56 heavy (non-hydrogen) atoms. The van der Waals surface area contributed by atoms with Gasteiger partial charge in [0, 0.05) is 48.3 Å². The van der Waals surface area contributed by atoms with Crippen molar-refractivity contribution in [3.05, 3.63) is 91.5 Å². The van der Waals surface area contributed by atoms with Crippen molar-refractivity contribution in [1.82, 2.24) is 19.9 Å². The number of ether oxygens (including phenoxy) is 2. The number of para-hydroxylation sites is 1. The molecule has 7 rings (SSSR count). The van der Waals surface area contributed by atoms with E-state index in [1.165, 1.54) is 29.2 Å². The second kappa shape index (κ2) is 16.1. The van der Waals surface area contributed by atoms with Gasteiger partial charge < -0.3 is 25.0 Å². The molecule has 3 heterocycles. The Kier molecular flexibility index (Phi) is 11.1. The summed E-state index contributed by atoms with van der Waals surface area (Å²) in [5.74, 6) is -1.54. The summed E-state index contributed by atoms with van der Waals surface area (Å²) in [5, 5.41) is 6.22. The molecule has 2 fully saturated rings. The predicted molar refractivity (Wildman–Crippen MR) is 210 cm³/mol. The first kappa shape index (κ1) is 38.5. The average Bonchev–Trinajstić information content (AvgIpc) is 3.75. The molecule has 1 aromatic heterocycles. The number of anilines is 1. The fourth-order valence-corrected chi connectivity index (χ4v) is 8.80. The van der Waals surface area contributed by atoms with Gasteiger partial charge in [-0.2, -0.15) is 0 Å². The number of fused-ring (bicyclic) bond motifs is 3. The van der Waals surface area contributed by atoms with Crippen LogP contribution >= 0.6 is 0 Å². The largest absolute Gasteiger partial charge is 0.497 e. The van der Waals surface area contributed by atoms with Gasteiger partial charge in [0.2, 0.25) is 17.7 Å². The number of hydrogen-bond acceptors (Lipinski definition) is 9. The number of sulfonamides is 1. The lowest BCUT2D eigenvalue weighted by Crippen LogP contribution is -2.56. The quantitative estimate of drug-likeness (QED) is 0.221. The van der Waals surface area contributed by atoms with Crippen molar-refractivity contribution in [3.8, 4) is 22.8 Å². The van der Waals surface area contributed by atoms with Gasteiger partial charge in [0.1, 0.15) is 34.1 Å². The summed E-state index contributed by atoms with van der Waals surface area (Å²) in [7, 11) is -2.92. The highest BCUT2D eigenvalue weighted by molar-refractivity contribution is 7.90. The zero-order chi connectivity index (χ0) is 39.5. The monoisotopic (exact) mass is 779 g/mol. The van der Waals surface area contributed by atoms with E-state index in [1.807, 2.05) is 54.6 Å². The first-order valence-corrected chi connectivity index (χ1v) is 20.4. The highest BCUT2D eigenvalue weighted by Gasteiger charge is 2.61. The maximum atomic E-state index is 14.3. The van der Waals surface area contributed by atoms with Gasteiger partial charge in [-0.3, -0.25) is 19.2 Å². The molecule has 0 bridgehead atoms. The van der Waals surface area contributed by atoms with E-state index in [2.05, 4.69) is 21.9 Å². The summed E-state index contributed by atoms with van der Waals surface area (Å²) < 4.78 is 41.6. The van der Waals surface area contributed by atoms with Crippen LogP contribution in [0.2, 0.25) is 0 Å². The summed E-state index contributed by atoms with van der Waals surface area (Å²) in [4.78, 5) is 61.0. The van der Waals surface area contributed by atoms with E-state index >= 15 is 0 Å². The topological polar surface area (TPSA) is 173 Å². The average molecular weight is 780 g/mol. The van der Waals surface area contributed by atoms with E-state index in [0.29, 0.717) is 35.6 Å². The Bertz CT molecular complexity index is 2280. The molecule has 3 aromatic carbocycles. The van der Waals surface area contributed by atoms with Gasteiger partial charge in [-0.25, -0.2) is 18.1 Å². The van der Waals surface area contributed by atoms with Crippen LogP contribution in [0.5, 0.6) is 11.5 Å². The minimum Gasteiger partial charge on any atom is -0.497 e. The minimum absolute atomic E-state index is 0.0458. The normalized spacial score (nSPS) is 24.6. The smallest absolute Gasteiger partial charge is 0.266 e. The lowest BCUT2D eigenvalue weighted by atomic mass is 10.1. The van der Waals surface area contributed by atoms with Crippen molar-refractivity contribution >= 4 is 50.2 Å². The number of carbonyl (C=O) groups is 4. The van der Waals surface area contributed by atoms with Crippen molar-refractivity contribution in [1.29, 1.82) is 0 Å². The Balaban J connectivity index is 1.19. The van der Waals surface area contributed by atoms with Crippen molar-refractivity contribution < 1.29 is 37.1 Å². The maximum absolute atomic E-state index is 14.3. The number of aromatic nitrogens is 1. The molecule has 4 aromatic rings. The number of methoxy groups -OCH3 is 1. The molecule has 4 amide bonds. The van der Waals surface area contributed by atoms with E-state index < -0.39 is 45.4 Å². The lowest BCUT2D eigenvalue weighted by Gasteiger charge is -2.26. The number of pyridine rings is 1. The van der Waals surface area contributed by atoms with Crippen LogP contribution in [-0.4, -0.2) is 73.3 Å². The van der Waals surface area contributed by atoms with Crippen LogP contribution < -0.4 is 24.8 Å². The van der Waals surface area contributed by atoms with Crippen LogP contribution in [-0.2, 0) is 29.2 Å². The SMILES string of the molecule is C=C[C@H]1C[C@]12NC(=O)[C@@H]1C[C@@H](Oc3cc(-c4ccccc4)nc4cc(OC)ccc34)CN1C(=O)CCCCCCCC(=O)Nc1ccccc1S(=O)(=O)NC2=O. The number of rotatable bonds is 5. The van der Waals surface area contributed by atoms with Gasteiger partial charge in [0.25, 0.3) is 15.9 Å². The first-order chi connectivity index (χ1) is 27.0. The number of amides is 4. The van der Waals surface area contributed by atoms with Gasteiger partial charge in [0.15, 0.2) is 0 Å².